The first-order valence-corrected chi connectivity index (χ1v) is 2.17. The molecule has 0 unspecified atom stereocenters. The predicted molar refractivity (Wildman–Crippen MR) is 36.0 cm³/mol. The molecule has 0 spiro atoms. The SMILES string of the molecule is Cl.N=C(N)CCC(=O)O. The molecule has 0 rings (SSSR count). The van der Waals surface area contributed by atoms with Crippen LogP contribution in [-0.2, 0) is 4.79 Å². The first kappa shape index (κ1) is 11.1. The van der Waals surface area contributed by atoms with Crippen LogP contribution in [0.2, 0.25) is 0 Å². The van der Waals surface area contributed by atoms with E-state index in [-0.39, 0.29) is 31.1 Å². The third-order valence-corrected chi connectivity index (χ3v) is 0.608. The fourth-order valence-corrected chi connectivity index (χ4v) is 0.242. The second-order valence-electron chi connectivity index (χ2n) is 1.42. The first-order chi connectivity index (χ1) is 3.63. The van der Waals surface area contributed by atoms with Crippen LogP contribution in [0.25, 0.3) is 0 Å². The van der Waals surface area contributed by atoms with Crippen LogP contribution in [0.4, 0.5) is 0 Å². The monoisotopic (exact) mass is 152 g/mol. The number of nitrogens with one attached hydrogen (secondary N) is 1. The average Bonchev–Trinajstić information content (AvgIpc) is 1.61. The lowest BCUT2D eigenvalue weighted by molar-refractivity contribution is -0.136. The summed E-state index contributed by atoms with van der Waals surface area (Å²) in [5.41, 5.74) is 4.86. The quantitative estimate of drug-likeness (QED) is 0.399. The first-order valence-electron chi connectivity index (χ1n) is 2.17. The van der Waals surface area contributed by atoms with E-state index in [0.717, 1.165) is 0 Å². The Morgan fingerprint density at radius 1 is 1.56 bits per heavy atom. The van der Waals surface area contributed by atoms with Crippen LogP contribution < -0.4 is 5.73 Å². The summed E-state index contributed by atoms with van der Waals surface area (Å²) < 4.78 is 0. The van der Waals surface area contributed by atoms with Gasteiger partial charge >= 0.3 is 5.97 Å². The molecule has 0 aliphatic rings. The molecule has 0 radical (unpaired) electrons. The lowest BCUT2D eigenvalue weighted by Gasteiger charge is -1.89. The van der Waals surface area contributed by atoms with Gasteiger partial charge in [-0.3, -0.25) is 10.2 Å². The molecule has 0 aromatic heterocycles. The molecule has 0 saturated heterocycles. The summed E-state index contributed by atoms with van der Waals surface area (Å²) in [5.74, 6) is -0.993. The van der Waals surface area contributed by atoms with Crippen molar-refractivity contribution in [2.45, 2.75) is 12.8 Å². The highest BCUT2D eigenvalue weighted by atomic mass is 35.5. The molecule has 4 nitrogen and oxygen atoms in total. The molecule has 0 atom stereocenters. The maximum absolute atomic E-state index is 9.75. The zero-order chi connectivity index (χ0) is 6.57. The number of rotatable bonds is 3. The van der Waals surface area contributed by atoms with Crippen molar-refractivity contribution in [2.75, 3.05) is 0 Å². The standard InChI is InChI=1S/C4H8N2O2.ClH/c5-3(6)1-2-4(7)8;/h1-2H2,(H3,5,6)(H,7,8);1H. The van der Waals surface area contributed by atoms with E-state index in [0.29, 0.717) is 0 Å². The van der Waals surface area contributed by atoms with E-state index in [1.807, 2.05) is 0 Å². The maximum Gasteiger partial charge on any atom is 0.303 e. The van der Waals surface area contributed by atoms with Crippen molar-refractivity contribution in [1.82, 2.24) is 0 Å². The van der Waals surface area contributed by atoms with Gasteiger partial charge in [-0.1, -0.05) is 0 Å². The van der Waals surface area contributed by atoms with Crippen LogP contribution in [0.3, 0.4) is 0 Å². The predicted octanol–water partition coefficient (Wildman–Crippen LogP) is 0.209. The van der Waals surface area contributed by atoms with Crippen LogP contribution in [0, 0.1) is 5.41 Å². The van der Waals surface area contributed by atoms with Gasteiger partial charge in [0.15, 0.2) is 0 Å². The molecule has 9 heavy (non-hydrogen) atoms. The van der Waals surface area contributed by atoms with Crippen LogP contribution >= 0.6 is 12.4 Å². The van der Waals surface area contributed by atoms with Crippen molar-refractivity contribution in [3.63, 3.8) is 0 Å². The summed E-state index contributed by atoms with van der Waals surface area (Å²) in [6.07, 6.45) is 0.102. The highest BCUT2D eigenvalue weighted by Crippen LogP contribution is 1.84. The highest BCUT2D eigenvalue weighted by Gasteiger charge is 1.95. The Kier molecular flexibility index (Phi) is 6.61. The largest absolute Gasteiger partial charge is 0.481 e. The second kappa shape index (κ2) is 5.37. The molecule has 0 aliphatic carbocycles. The number of hydrogen-bond donors (Lipinski definition) is 3. The number of halogens is 1. The summed E-state index contributed by atoms with van der Waals surface area (Å²) >= 11 is 0. The topological polar surface area (TPSA) is 87.2 Å². The molecule has 0 amide bonds. The van der Waals surface area contributed by atoms with E-state index < -0.39 is 5.97 Å². The number of nitrogens with two attached hydrogens (primary N) is 1. The van der Waals surface area contributed by atoms with E-state index in [4.69, 9.17) is 16.2 Å². The molecule has 0 aliphatic heterocycles. The Morgan fingerprint density at radius 2 is 2.00 bits per heavy atom. The van der Waals surface area contributed by atoms with Crippen molar-refractivity contribution in [3.05, 3.63) is 0 Å². The number of carboxylic acid groups (broad SMARTS) is 1. The fourth-order valence-electron chi connectivity index (χ4n) is 0.242. The summed E-state index contributed by atoms with van der Waals surface area (Å²) in [6.45, 7) is 0. The van der Waals surface area contributed by atoms with E-state index in [1.165, 1.54) is 0 Å². The van der Waals surface area contributed by atoms with Crippen LogP contribution in [0.1, 0.15) is 12.8 Å². The number of hydrogen-bond acceptors (Lipinski definition) is 2. The van der Waals surface area contributed by atoms with Gasteiger partial charge in [0, 0.05) is 6.42 Å². The molecule has 0 aromatic carbocycles. The van der Waals surface area contributed by atoms with Crippen LogP contribution in [0.15, 0.2) is 0 Å². The van der Waals surface area contributed by atoms with Crippen molar-refractivity contribution in [3.8, 4) is 0 Å². The smallest absolute Gasteiger partial charge is 0.303 e. The van der Waals surface area contributed by atoms with Gasteiger partial charge in [0.25, 0.3) is 0 Å². The molecule has 0 saturated carbocycles. The van der Waals surface area contributed by atoms with Crippen molar-refractivity contribution >= 4 is 24.2 Å². The van der Waals surface area contributed by atoms with Gasteiger partial charge < -0.3 is 10.8 Å². The van der Waals surface area contributed by atoms with Gasteiger partial charge in [-0.2, -0.15) is 0 Å². The highest BCUT2D eigenvalue weighted by molar-refractivity contribution is 5.85. The molecule has 0 bridgehead atoms. The van der Waals surface area contributed by atoms with Gasteiger partial charge in [-0.25, -0.2) is 0 Å². The third kappa shape index (κ3) is 11.1. The molecule has 0 fully saturated rings. The van der Waals surface area contributed by atoms with Gasteiger partial charge in [0.05, 0.1) is 12.3 Å². The van der Waals surface area contributed by atoms with Gasteiger partial charge in [-0.05, 0) is 0 Å². The van der Waals surface area contributed by atoms with E-state index in [2.05, 4.69) is 0 Å². The number of carboxylic acids is 1. The van der Waals surface area contributed by atoms with E-state index in [9.17, 15) is 4.79 Å². The fraction of sp³-hybridized carbons (Fsp3) is 0.500. The Bertz CT molecular complexity index is 101. The van der Waals surface area contributed by atoms with Crippen LogP contribution in [-0.4, -0.2) is 16.9 Å². The maximum atomic E-state index is 9.75. The number of carbonyl (C=O) groups is 1. The minimum absolute atomic E-state index is 0. The van der Waals surface area contributed by atoms with E-state index >= 15 is 0 Å². The number of aliphatic carboxylic acids is 1. The molecule has 54 valence electrons. The average molecular weight is 153 g/mol. The Balaban J connectivity index is 0. The van der Waals surface area contributed by atoms with Crippen LogP contribution in [0.5, 0.6) is 0 Å². The lowest BCUT2D eigenvalue weighted by atomic mass is 10.3. The second-order valence-corrected chi connectivity index (χ2v) is 1.42. The minimum Gasteiger partial charge on any atom is -0.481 e. The molecular weight excluding hydrogens is 144 g/mol. The third-order valence-electron chi connectivity index (χ3n) is 0.608. The summed E-state index contributed by atoms with van der Waals surface area (Å²) in [5, 5.41) is 14.6. The van der Waals surface area contributed by atoms with Gasteiger partial charge in [0.2, 0.25) is 0 Å². The zero-order valence-electron chi connectivity index (χ0n) is 4.76. The van der Waals surface area contributed by atoms with Crippen molar-refractivity contribution in [1.29, 1.82) is 5.41 Å². The summed E-state index contributed by atoms with van der Waals surface area (Å²) in [7, 11) is 0. The molecular formula is C4H9ClN2O2. The molecule has 0 aromatic rings. The van der Waals surface area contributed by atoms with Crippen molar-refractivity contribution in [2.24, 2.45) is 5.73 Å². The lowest BCUT2D eigenvalue weighted by Crippen LogP contribution is -2.11. The van der Waals surface area contributed by atoms with Gasteiger partial charge in [-0.15, -0.1) is 12.4 Å². The Morgan fingerprint density at radius 3 is 2.11 bits per heavy atom. The molecule has 0 heterocycles. The van der Waals surface area contributed by atoms with Crippen molar-refractivity contribution < 1.29 is 9.90 Å². The zero-order valence-corrected chi connectivity index (χ0v) is 5.57. The Hall–Kier alpha value is -0.770. The Labute approximate surface area is 59.0 Å². The normalized spacial score (nSPS) is 7.56. The van der Waals surface area contributed by atoms with E-state index in [1.54, 1.807) is 0 Å². The van der Waals surface area contributed by atoms with Gasteiger partial charge in [0.1, 0.15) is 0 Å². The number of amidine groups is 1. The summed E-state index contributed by atoms with van der Waals surface area (Å²) in [6, 6.07) is 0. The molecule has 4 N–H and O–H groups in total. The minimum atomic E-state index is -0.916. The molecule has 5 heteroatoms. The summed E-state index contributed by atoms with van der Waals surface area (Å²) in [4.78, 5) is 9.75.